The quantitative estimate of drug-likeness (QED) is 0.803. The van der Waals surface area contributed by atoms with E-state index >= 15 is 0 Å². The van der Waals surface area contributed by atoms with Crippen molar-refractivity contribution in [2.75, 3.05) is 19.0 Å². The summed E-state index contributed by atoms with van der Waals surface area (Å²) in [6.07, 6.45) is 3.48. The first-order valence-corrected chi connectivity index (χ1v) is 7.20. The first-order valence-electron chi connectivity index (χ1n) is 7.20. The highest BCUT2D eigenvalue weighted by molar-refractivity contribution is 5.92. The Morgan fingerprint density at radius 2 is 1.78 bits per heavy atom. The van der Waals surface area contributed by atoms with E-state index in [4.69, 9.17) is 0 Å². The molecule has 0 fully saturated rings. The Morgan fingerprint density at radius 1 is 1.09 bits per heavy atom. The third-order valence-electron chi connectivity index (χ3n) is 3.67. The van der Waals surface area contributed by atoms with E-state index in [1.54, 1.807) is 29.1 Å². The summed E-state index contributed by atoms with van der Waals surface area (Å²) in [5.41, 5.74) is 3.75. The zero-order valence-electron chi connectivity index (χ0n) is 13.0. The number of hydrogen-bond acceptors (Lipinski definition) is 3. The molecule has 5 nitrogen and oxygen atoms in total. The molecule has 0 aliphatic carbocycles. The molecular formula is C18H17N3O2. The zero-order chi connectivity index (χ0) is 16.4. The van der Waals surface area contributed by atoms with E-state index in [-0.39, 0.29) is 5.56 Å². The number of anilines is 1. The molecule has 116 valence electrons. The second kappa shape index (κ2) is 5.96. The van der Waals surface area contributed by atoms with E-state index in [1.807, 2.05) is 55.5 Å². The molecule has 0 spiro atoms. The average Bonchev–Trinajstić information content (AvgIpc) is 3.04. The Balaban J connectivity index is 1.96. The number of hydrogen-bond donors (Lipinski definition) is 1. The van der Waals surface area contributed by atoms with Crippen molar-refractivity contribution in [1.82, 2.24) is 9.55 Å². The van der Waals surface area contributed by atoms with E-state index in [0.29, 0.717) is 5.69 Å². The monoisotopic (exact) mass is 307 g/mol. The van der Waals surface area contributed by atoms with Gasteiger partial charge in [-0.25, -0.2) is 9.78 Å². The normalized spacial score (nSPS) is 10.5. The van der Waals surface area contributed by atoms with Crippen LogP contribution in [0, 0.1) is 0 Å². The first kappa shape index (κ1) is 14.8. The van der Waals surface area contributed by atoms with Crippen molar-refractivity contribution < 1.29 is 9.90 Å². The summed E-state index contributed by atoms with van der Waals surface area (Å²) >= 11 is 0. The van der Waals surface area contributed by atoms with Gasteiger partial charge in [-0.1, -0.05) is 24.3 Å². The van der Waals surface area contributed by atoms with Gasteiger partial charge in [0, 0.05) is 31.5 Å². The molecule has 1 aromatic heterocycles. The molecule has 1 heterocycles. The van der Waals surface area contributed by atoms with E-state index in [9.17, 15) is 9.90 Å². The number of rotatable bonds is 4. The predicted octanol–water partition coefficient (Wildman–Crippen LogP) is 3.30. The Morgan fingerprint density at radius 3 is 2.43 bits per heavy atom. The lowest BCUT2D eigenvalue weighted by molar-refractivity contribution is 0.0697. The van der Waals surface area contributed by atoms with Gasteiger partial charge in [-0.15, -0.1) is 0 Å². The average molecular weight is 307 g/mol. The Labute approximate surface area is 134 Å². The molecule has 3 aromatic rings. The van der Waals surface area contributed by atoms with Crippen LogP contribution in [0.15, 0.2) is 61.1 Å². The third-order valence-corrected chi connectivity index (χ3v) is 3.67. The summed E-state index contributed by atoms with van der Waals surface area (Å²) < 4.78 is 1.73. The highest BCUT2D eigenvalue weighted by Gasteiger charge is 2.12. The number of nitrogens with zero attached hydrogens (tertiary/aromatic N) is 3. The number of aromatic carboxylic acids is 1. The van der Waals surface area contributed by atoms with Gasteiger partial charge >= 0.3 is 5.97 Å². The van der Waals surface area contributed by atoms with Gasteiger partial charge in [0.25, 0.3) is 0 Å². The fraction of sp³-hybridized carbons (Fsp3) is 0.111. The molecule has 0 saturated carbocycles. The van der Waals surface area contributed by atoms with Gasteiger partial charge in [0.1, 0.15) is 0 Å². The maximum atomic E-state index is 11.3. The van der Waals surface area contributed by atoms with Crippen molar-refractivity contribution in [2.24, 2.45) is 0 Å². The number of carboxylic acid groups (broad SMARTS) is 1. The van der Waals surface area contributed by atoms with Crippen molar-refractivity contribution in [3.8, 4) is 16.9 Å². The van der Waals surface area contributed by atoms with Crippen molar-refractivity contribution in [3.63, 3.8) is 0 Å². The highest BCUT2D eigenvalue weighted by Crippen LogP contribution is 2.23. The van der Waals surface area contributed by atoms with Crippen LogP contribution < -0.4 is 4.90 Å². The second-order valence-electron chi connectivity index (χ2n) is 5.43. The van der Waals surface area contributed by atoms with Gasteiger partial charge in [-0.3, -0.25) is 0 Å². The zero-order valence-corrected chi connectivity index (χ0v) is 13.0. The molecule has 2 aromatic carbocycles. The summed E-state index contributed by atoms with van der Waals surface area (Å²) in [5.74, 6) is -0.953. The molecule has 0 amide bonds. The van der Waals surface area contributed by atoms with Crippen molar-refractivity contribution >= 4 is 11.7 Å². The molecule has 0 atom stereocenters. The largest absolute Gasteiger partial charge is 0.478 e. The molecule has 1 N–H and O–H groups in total. The van der Waals surface area contributed by atoms with E-state index in [1.165, 1.54) is 0 Å². The van der Waals surface area contributed by atoms with Gasteiger partial charge in [0.2, 0.25) is 0 Å². The highest BCUT2D eigenvalue weighted by atomic mass is 16.4. The minimum absolute atomic E-state index is 0.249. The van der Waals surface area contributed by atoms with Gasteiger partial charge in [-0.2, -0.15) is 0 Å². The number of carboxylic acids is 1. The molecule has 0 unspecified atom stereocenters. The van der Waals surface area contributed by atoms with Crippen LogP contribution in [0.4, 0.5) is 5.69 Å². The van der Waals surface area contributed by atoms with Crippen LogP contribution in [0.3, 0.4) is 0 Å². The SMILES string of the molecule is CN(C)c1ccc(-c2cn(-c3ccccc3C(=O)O)cn2)cc1. The number of benzene rings is 2. The van der Waals surface area contributed by atoms with Crippen LogP contribution in [0.5, 0.6) is 0 Å². The van der Waals surface area contributed by atoms with Crippen LogP contribution >= 0.6 is 0 Å². The topological polar surface area (TPSA) is 58.4 Å². The van der Waals surface area contributed by atoms with Gasteiger partial charge < -0.3 is 14.6 Å². The predicted molar refractivity (Wildman–Crippen MR) is 90.3 cm³/mol. The Kier molecular flexibility index (Phi) is 3.85. The molecule has 0 radical (unpaired) electrons. The molecule has 0 bridgehead atoms. The van der Waals surface area contributed by atoms with Gasteiger partial charge in [0.05, 0.1) is 23.3 Å². The fourth-order valence-electron chi connectivity index (χ4n) is 2.41. The van der Waals surface area contributed by atoms with E-state index in [0.717, 1.165) is 16.9 Å². The van der Waals surface area contributed by atoms with Crippen molar-refractivity contribution in [2.45, 2.75) is 0 Å². The lowest BCUT2D eigenvalue weighted by Crippen LogP contribution is -2.07. The second-order valence-corrected chi connectivity index (χ2v) is 5.43. The standard InChI is InChI=1S/C18H17N3O2/c1-20(2)14-9-7-13(8-10-14)16-11-21(12-19-16)17-6-4-3-5-15(17)18(22)23/h3-12H,1-2H3,(H,22,23). The summed E-state index contributed by atoms with van der Waals surface area (Å²) in [6.45, 7) is 0. The maximum absolute atomic E-state index is 11.3. The number of aromatic nitrogens is 2. The maximum Gasteiger partial charge on any atom is 0.337 e. The van der Waals surface area contributed by atoms with Gasteiger partial charge in [-0.05, 0) is 24.3 Å². The minimum atomic E-state index is -0.953. The van der Waals surface area contributed by atoms with E-state index < -0.39 is 5.97 Å². The van der Waals surface area contributed by atoms with Crippen LogP contribution in [0.2, 0.25) is 0 Å². The summed E-state index contributed by atoms with van der Waals surface area (Å²) in [4.78, 5) is 17.8. The minimum Gasteiger partial charge on any atom is -0.478 e. The molecule has 23 heavy (non-hydrogen) atoms. The molecule has 0 saturated heterocycles. The van der Waals surface area contributed by atoms with Crippen LogP contribution in [0.1, 0.15) is 10.4 Å². The molecule has 5 heteroatoms. The molecule has 0 aliphatic rings. The Bertz CT molecular complexity index is 835. The van der Waals surface area contributed by atoms with E-state index in [2.05, 4.69) is 4.98 Å². The Hall–Kier alpha value is -3.08. The molecule has 3 rings (SSSR count). The van der Waals surface area contributed by atoms with Gasteiger partial charge in [0.15, 0.2) is 0 Å². The lowest BCUT2D eigenvalue weighted by atomic mass is 10.1. The van der Waals surface area contributed by atoms with Crippen LogP contribution in [-0.4, -0.2) is 34.7 Å². The summed E-state index contributed by atoms with van der Waals surface area (Å²) in [6, 6.07) is 14.9. The van der Waals surface area contributed by atoms with Crippen LogP contribution in [0.25, 0.3) is 16.9 Å². The number of para-hydroxylation sites is 1. The van der Waals surface area contributed by atoms with Crippen LogP contribution in [-0.2, 0) is 0 Å². The molecular weight excluding hydrogens is 290 g/mol. The first-order chi connectivity index (χ1) is 11.1. The molecule has 0 aliphatic heterocycles. The fourth-order valence-corrected chi connectivity index (χ4v) is 2.41. The summed E-state index contributed by atoms with van der Waals surface area (Å²) in [7, 11) is 3.99. The number of imidazole rings is 1. The lowest BCUT2D eigenvalue weighted by Gasteiger charge is -2.12. The third kappa shape index (κ3) is 2.94. The number of carbonyl (C=O) groups is 1. The van der Waals surface area contributed by atoms with Crippen molar-refractivity contribution in [1.29, 1.82) is 0 Å². The van der Waals surface area contributed by atoms with Crippen molar-refractivity contribution in [3.05, 3.63) is 66.6 Å². The smallest absolute Gasteiger partial charge is 0.337 e. The summed E-state index contributed by atoms with van der Waals surface area (Å²) in [5, 5.41) is 9.29.